The van der Waals surface area contributed by atoms with E-state index in [0.717, 1.165) is 42.5 Å². The number of aryl methyl sites for hydroxylation is 2. The van der Waals surface area contributed by atoms with Crippen LogP contribution in [0, 0.1) is 19.8 Å². The number of nitrogens with one attached hydrogen (secondary N) is 1. The Morgan fingerprint density at radius 3 is 2.81 bits per heavy atom. The summed E-state index contributed by atoms with van der Waals surface area (Å²) in [6.07, 6.45) is 5.69. The second-order valence-electron chi connectivity index (χ2n) is 6.33. The minimum Gasteiger partial charge on any atom is -0.394 e. The first-order valence-corrected chi connectivity index (χ1v) is 8.88. The fourth-order valence-corrected chi connectivity index (χ4v) is 3.89. The largest absolute Gasteiger partial charge is 0.394 e. The van der Waals surface area contributed by atoms with Gasteiger partial charge in [0, 0.05) is 17.8 Å². The first-order chi connectivity index (χ1) is 10.0. The smallest absolute Gasteiger partial charge is 0.0738 e. The minimum atomic E-state index is -0.0661. The van der Waals surface area contributed by atoms with Crippen LogP contribution < -0.4 is 5.32 Å². The number of aliphatic hydroxyl groups excluding tert-OH is 1. The van der Waals surface area contributed by atoms with Crippen molar-refractivity contribution in [2.75, 3.05) is 13.2 Å². The zero-order chi connectivity index (χ0) is 15.5. The lowest BCUT2D eigenvalue weighted by Gasteiger charge is -2.35. The third kappa shape index (κ3) is 3.51. The molecule has 1 heterocycles. The molecule has 120 valence electrons. The molecule has 0 aromatic carbocycles. The summed E-state index contributed by atoms with van der Waals surface area (Å²) >= 11 is 3.59. The average molecular weight is 358 g/mol. The van der Waals surface area contributed by atoms with Gasteiger partial charge in [-0.05, 0) is 67.9 Å². The van der Waals surface area contributed by atoms with Crippen LogP contribution >= 0.6 is 15.9 Å². The van der Waals surface area contributed by atoms with Crippen LogP contribution in [0.2, 0.25) is 0 Å². The van der Waals surface area contributed by atoms with Gasteiger partial charge >= 0.3 is 0 Å². The Bertz CT molecular complexity index is 474. The zero-order valence-electron chi connectivity index (χ0n) is 13.5. The molecule has 1 saturated carbocycles. The van der Waals surface area contributed by atoms with Gasteiger partial charge in [0.25, 0.3) is 0 Å². The molecule has 1 aliphatic rings. The first-order valence-electron chi connectivity index (χ1n) is 8.09. The molecule has 0 aliphatic heterocycles. The molecule has 2 rings (SSSR count). The predicted molar refractivity (Wildman–Crippen MR) is 89.5 cm³/mol. The summed E-state index contributed by atoms with van der Waals surface area (Å²) < 4.78 is 3.21. The van der Waals surface area contributed by atoms with Crippen LogP contribution in [0.4, 0.5) is 0 Å². The lowest BCUT2D eigenvalue weighted by atomic mass is 9.85. The lowest BCUT2D eigenvalue weighted by Crippen LogP contribution is -2.51. The molecule has 2 unspecified atom stereocenters. The van der Waals surface area contributed by atoms with Crippen molar-refractivity contribution >= 4 is 15.9 Å². The number of aliphatic hydroxyl groups is 1. The Labute approximate surface area is 136 Å². The van der Waals surface area contributed by atoms with Crippen LogP contribution in [-0.2, 0) is 6.54 Å². The molecule has 0 amide bonds. The van der Waals surface area contributed by atoms with E-state index in [0.29, 0.717) is 5.92 Å². The first kappa shape index (κ1) is 17.0. The SMILES string of the molecule is CCCNC1(CO)CCCC1CCn1nc(C)c(Br)c1C. The van der Waals surface area contributed by atoms with E-state index in [1.807, 2.05) is 6.92 Å². The molecular weight excluding hydrogens is 330 g/mol. The topological polar surface area (TPSA) is 50.1 Å². The number of rotatable bonds is 7. The quantitative estimate of drug-likeness (QED) is 0.787. The normalized spacial score (nSPS) is 25.7. The van der Waals surface area contributed by atoms with Gasteiger partial charge in [0.05, 0.1) is 16.8 Å². The van der Waals surface area contributed by atoms with Gasteiger partial charge in [0.15, 0.2) is 0 Å². The summed E-state index contributed by atoms with van der Waals surface area (Å²) in [5, 5.41) is 18.1. The molecule has 2 atom stereocenters. The third-order valence-electron chi connectivity index (χ3n) is 4.95. The molecule has 1 fully saturated rings. The Hall–Kier alpha value is -0.390. The Kier molecular flexibility index (Phi) is 5.86. The maximum atomic E-state index is 9.92. The van der Waals surface area contributed by atoms with Crippen molar-refractivity contribution < 1.29 is 5.11 Å². The van der Waals surface area contributed by atoms with E-state index >= 15 is 0 Å². The van der Waals surface area contributed by atoms with E-state index in [9.17, 15) is 5.11 Å². The maximum absolute atomic E-state index is 9.92. The highest BCUT2D eigenvalue weighted by Crippen LogP contribution is 2.38. The maximum Gasteiger partial charge on any atom is 0.0738 e. The van der Waals surface area contributed by atoms with Crippen molar-refractivity contribution in [1.29, 1.82) is 0 Å². The number of hydrogen-bond acceptors (Lipinski definition) is 3. The molecule has 0 saturated heterocycles. The van der Waals surface area contributed by atoms with Crippen molar-refractivity contribution in [3.8, 4) is 0 Å². The molecule has 1 aliphatic carbocycles. The fraction of sp³-hybridized carbons (Fsp3) is 0.812. The second-order valence-corrected chi connectivity index (χ2v) is 7.12. The van der Waals surface area contributed by atoms with Crippen LogP contribution in [0.1, 0.15) is 50.4 Å². The van der Waals surface area contributed by atoms with Crippen molar-refractivity contribution in [2.45, 2.75) is 65.0 Å². The van der Waals surface area contributed by atoms with Crippen LogP contribution in [0.5, 0.6) is 0 Å². The standard InChI is InChI=1S/C16H28BrN3O/c1-4-9-18-16(11-21)8-5-6-14(16)7-10-20-13(3)15(17)12(2)19-20/h14,18,21H,4-11H2,1-3H3. The Morgan fingerprint density at radius 1 is 1.48 bits per heavy atom. The van der Waals surface area contributed by atoms with Crippen LogP contribution in [0.25, 0.3) is 0 Å². The van der Waals surface area contributed by atoms with Crippen LogP contribution in [-0.4, -0.2) is 33.6 Å². The summed E-state index contributed by atoms with van der Waals surface area (Å²) in [5.74, 6) is 0.539. The van der Waals surface area contributed by atoms with Gasteiger partial charge in [-0.2, -0.15) is 5.10 Å². The molecule has 4 nitrogen and oxygen atoms in total. The highest BCUT2D eigenvalue weighted by Gasteiger charge is 2.41. The Balaban J connectivity index is 2.02. The molecule has 0 bridgehead atoms. The predicted octanol–water partition coefficient (Wildman–Crippen LogP) is 3.18. The summed E-state index contributed by atoms with van der Waals surface area (Å²) in [5.41, 5.74) is 2.18. The van der Waals surface area contributed by atoms with Gasteiger partial charge in [-0.3, -0.25) is 4.68 Å². The van der Waals surface area contributed by atoms with Gasteiger partial charge in [-0.25, -0.2) is 0 Å². The lowest BCUT2D eigenvalue weighted by molar-refractivity contribution is 0.116. The molecule has 21 heavy (non-hydrogen) atoms. The van der Waals surface area contributed by atoms with Crippen molar-refractivity contribution in [2.24, 2.45) is 5.92 Å². The van der Waals surface area contributed by atoms with Crippen molar-refractivity contribution in [1.82, 2.24) is 15.1 Å². The molecule has 5 heteroatoms. The molecule has 1 aromatic heterocycles. The summed E-state index contributed by atoms with van der Waals surface area (Å²) in [4.78, 5) is 0. The highest BCUT2D eigenvalue weighted by molar-refractivity contribution is 9.10. The number of halogens is 1. The Morgan fingerprint density at radius 2 is 2.24 bits per heavy atom. The van der Waals surface area contributed by atoms with Crippen molar-refractivity contribution in [3.05, 3.63) is 15.9 Å². The number of nitrogens with zero attached hydrogens (tertiary/aromatic N) is 2. The molecule has 2 N–H and O–H groups in total. The van der Waals surface area contributed by atoms with E-state index < -0.39 is 0 Å². The monoisotopic (exact) mass is 357 g/mol. The number of aromatic nitrogens is 2. The molecule has 0 radical (unpaired) electrons. The molecule has 1 aromatic rings. The van der Waals surface area contributed by atoms with Crippen molar-refractivity contribution in [3.63, 3.8) is 0 Å². The summed E-state index contributed by atoms with van der Waals surface area (Å²) in [6, 6.07) is 0. The average Bonchev–Trinajstić information content (AvgIpc) is 3.00. The zero-order valence-corrected chi connectivity index (χ0v) is 15.0. The summed E-state index contributed by atoms with van der Waals surface area (Å²) in [6.45, 7) is 8.48. The van der Waals surface area contributed by atoms with Gasteiger partial charge in [0.2, 0.25) is 0 Å². The van der Waals surface area contributed by atoms with E-state index in [1.165, 1.54) is 18.5 Å². The highest BCUT2D eigenvalue weighted by atomic mass is 79.9. The van der Waals surface area contributed by atoms with Gasteiger partial charge in [-0.15, -0.1) is 0 Å². The van der Waals surface area contributed by atoms with E-state index in [2.05, 4.69) is 44.9 Å². The van der Waals surface area contributed by atoms with E-state index in [-0.39, 0.29) is 12.1 Å². The minimum absolute atomic E-state index is 0.0661. The molecular formula is C16H28BrN3O. The second kappa shape index (κ2) is 7.25. The number of hydrogen-bond donors (Lipinski definition) is 2. The summed E-state index contributed by atoms with van der Waals surface area (Å²) in [7, 11) is 0. The van der Waals surface area contributed by atoms with E-state index in [1.54, 1.807) is 0 Å². The fourth-order valence-electron chi connectivity index (χ4n) is 3.61. The van der Waals surface area contributed by atoms with Gasteiger partial charge < -0.3 is 10.4 Å². The van der Waals surface area contributed by atoms with Gasteiger partial charge in [0.1, 0.15) is 0 Å². The van der Waals surface area contributed by atoms with E-state index in [4.69, 9.17) is 0 Å². The molecule has 0 spiro atoms. The van der Waals surface area contributed by atoms with Gasteiger partial charge in [-0.1, -0.05) is 13.3 Å². The third-order valence-corrected chi connectivity index (χ3v) is 6.10. The van der Waals surface area contributed by atoms with Crippen LogP contribution in [0.15, 0.2) is 4.47 Å². The van der Waals surface area contributed by atoms with Crippen LogP contribution in [0.3, 0.4) is 0 Å².